The third-order valence-corrected chi connectivity index (χ3v) is 7.48. The number of nitrogens with zero attached hydrogens (tertiary/aromatic N) is 3. The van der Waals surface area contributed by atoms with Gasteiger partial charge in [-0.05, 0) is 91.3 Å². The number of hydrogen-bond acceptors (Lipinski definition) is 3. The number of nitrogens with one attached hydrogen (secondary N) is 1. The number of aromatic amines is 1. The van der Waals surface area contributed by atoms with E-state index in [9.17, 15) is 14.3 Å². The molecule has 3 aromatic carbocycles. The van der Waals surface area contributed by atoms with Gasteiger partial charge in [0.2, 0.25) is 0 Å². The molecule has 7 heteroatoms. The van der Waals surface area contributed by atoms with E-state index in [1.807, 2.05) is 22.8 Å². The molecule has 2 amide bonds. The van der Waals surface area contributed by atoms with Crippen molar-refractivity contribution < 1.29 is 14.3 Å². The molecule has 6 nitrogen and oxygen atoms in total. The summed E-state index contributed by atoms with van der Waals surface area (Å²) >= 11 is 0. The molecule has 5 rings (SSSR count). The van der Waals surface area contributed by atoms with E-state index in [0.717, 1.165) is 51.1 Å². The summed E-state index contributed by atoms with van der Waals surface area (Å²) in [5, 5.41) is 10.4. The van der Waals surface area contributed by atoms with Crippen LogP contribution in [0.5, 0.6) is 0 Å². The number of imidazole rings is 1. The Morgan fingerprint density at radius 1 is 1.11 bits per heavy atom. The smallest absolute Gasteiger partial charge is 0.320 e. The zero-order chi connectivity index (χ0) is 26.8. The summed E-state index contributed by atoms with van der Waals surface area (Å²) in [7, 11) is 0. The first-order valence-electron chi connectivity index (χ1n) is 13.4. The first kappa shape index (κ1) is 25.9. The Labute approximate surface area is 223 Å². The van der Waals surface area contributed by atoms with Gasteiger partial charge in [0.05, 0.1) is 23.2 Å². The topological polar surface area (TPSA) is 72.5 Å². The summed E-state index contributed by atoms with van der Waals surface area (Å²) < 4.78 is 13.6. The van der Waals surface area contributed by atoms with Crippen LogP contribution in [0.2, 0.25) is 0 Å². The third-order valence-electron chi connectivity index (χ3n) is 7.48. The van der Waals surface area contributed by atoms with E-state index in [1.165, 1.54) is 12.1 Å². The predicted molar refractivity (Wildman–Crippen MR) is 148 cm³/mol. The molecule has 1 aromatic heterocycles. The number of amides is 2. The molecule has 1 aliphatic rings. The fraction of sp³-hybridized carbons (Fsp3) is 0.355. The number of H-pyrrole nitrogens is 1. The maximum absolute atomic E-state index is 13.9. The number of aromatic nitrogens is 2. The summed E-state index contributed by atoms with van der Waals surface area (Å²) in [5.74, 6) is 0.576. The fourth-order valence-corrected chi connectivity index (χ4v) is 5.41. The molecule has 1 fully saturated rings. The molecule has 2 heterocycles. The Hall–Kier alpha value is -3.71. The standard InChI is InChI=1S/C31H35FN4O2/c1-4-14-35(31(38)36-15-13-27(37)18-30(36)22-7-10-26(32)11-8-22)19-25-16-23(6-5-20(25)2)24-9-12-28-29(17-24)34-21(3)33-28/h5-12,16-17,27,30,37H,4,13-15,18-19H2,1-3H3,(H,33,34). The van der Waals surface area contributed by atoms with E-state index in [1.54, 1.807) is 12.1 Å². The molecule has 0 aliphatic carbocycles. The van der Waals surface area contributed by atoms with Gasteiger partial charge in [-0.2, -0.15) is 0 Å². The Morgan fingerprint density at radius 2 is 1.84 bits per heavy atom. The van der Waals surface area contributed by atoms with Crippen molar-refractivity contribution in [1.82, 2.24) is 19.8 Å². The van der Waals surface area contributed by atoms with Gasteiger partial charge in [0.25, 0.3) is 0 Å². The van der Waals surface area contributed by atoms with Crippen LogP contribution in [0.1, 0.15) is 54.7 Å². The Morgan fingerprint density at radius 3 is 2.61 bits per heavy atom. The van der Waals surface area contributed by atoms with Gasteiger partial charge in [0.1, 0.15) is 11.6 Å². The third kappa shape index (κ3) is 5.43. The number of hydrogen-bond donors (Lipinski definition) is 2. The monoisotopic (exact) mass is 514 g/mol. The van der Waals surface area contributed by atoms with E-state index in [2.05, 4.69) is 54.1 Å². The lowest BCUT2D eigenvalue weighted by Gasteiger charge is -2.41. The number of aliphatic hydroxyl groups is 1. The Bertz CT molecular complexity index is 1430. The molecule has 1 aliphatic heterocycles. The summed E-state index contributed by atoms with van der Waals surface area (Å²) in [6.45, 7) is 7.68. The minimum atomic E-state index is -0.483. The van der Waals surface area contributed by atoms with Gasteiger partial charge in [0.15, 0.2) is 0 Å². The zero-order valence-electron chi connectivity index (χ0n) is 22.2. The molecule has 0 bridgehead atoms. The number of likely N-dealkylation sites (tertiary alicyclic amines) is 1. The lowest BCUT2D eigenvalue weighted by atomic mass is 9.93. The lowest BCUT2D eigenvalue weighted by Crippen LogP contribution is -2.49. The molecule has 2 atom stereocenters. The maximum atomic E-state index is 13.9. The lowest BCUT2D eigenvalue weighted by molar-refractivity contribution is 0.0461. The van der Waals surface area contributed by atoms with Gasteiger partial charge in [-0.1, -0.05) is 37.3 Å². The Balaban J connectivity index is 1.42. The van der Waals surface area contributed by atoms with Gasteiger partial charge in [-0.3, -0.25) is 0 Å². The highest BCUT2D eigenvalue weighted by molar-refractivity contribution is 5.82. The van der Waals surface area contributed by atoms with Crippen molar-refractivity contribution in [1.29, 1.82) is 0 Å². The largest absolute Gasteiger partial charge is 0.393 e. The number of halogens is 1. The number of fused-ring (bicyclic) bond motifs is 1. The second-order valence-electron chi connectivity index (χ2n) is 10.3. The highest BCUT2D eigenvalue weighted by Gasteiger charge is 2.34. The van der Waals surface area contributed by atoms with Crippen LogP contribution >= 0.6 is 0 Å². The van der Waals surface area contributed by atoms with Crippen molar-refractivity contribution in [3.05, 3.63) is 89.0 Å². The summed E-state index contributed by atoms with van der Waals surface area (Å²) in [4.78, 5) is 25.5. The number of carbonyl (C=O) groups excluding carboxylic acids is 1. The number of benzene rings is 3. The SMILES string of the molecule is CCCN(Cc1cc(-c2ccc3nc(C)[nH]c3c2)ccc1C)C(=O)N1CCC(O)CC1c1ccc(F)cc1. The van der Waals surface area contributed by atoms with Crippen LogP contribution in [0.4, 0.5) is 9.18 Å². The average Bonchev–Trinajstić information content (AvgIpc) is 3.29. The van der Waals surface area contributed by atoms with E-state index >= 15 is 0 Å². The number of aliphatic hydroxyl groups excluding tert-OH is 1. The molecule has 0 spiro atoms. The molecule has 4 aromatic rings. The van der Waals surface area contributed by atoms with Gasteiger partial charge < -0.3 is 19.9 Å². The quantitative estimate of drug-likeness (QED) is 0.308. The van der Waals surface area contributed by atoms with Crippen LogP contribution in [0, 0.1) is 19.7 Å². The van der Waals surface area contributed by atoms with Crippen LogP contribution in [0.25, 0.3) is 22.2 Å². The number of carbonyl (C=O) groups is 1. The minimum Gasteiger partial charge on any atom is -0.393 e. The van der Waals surface area contributed by atoms with E-state index in [4.69, 9.17) is 0 Å². The van der Waals surface area contributed by atoms with Crippen molar-refractivity contribution in [2.45, 2.75) is 58.7 Å². The van der Waals surface area contributed by atoms with Crippen LogP contribution in [0.3, 0.4) is 0 Å². The second kappa shape index (κ2) is 11.0. The summed E-state index contributed by atoms with van der Waals surface area (Å²) in [6, 6.07) is 18.6. The highest BCUT2D eigenvalue weighted by atomic mass is 19.1. The fourth-order valence-electron chi connectivity index (χ4n) is 5.41. The van der Waals surface area contributed by atoms with Gasteiger partial charge in [-0.15, -0.1) is 0 Å². The number of urea groups is 1. The Kier molecular flexibility index (Phi) is 7.47. The van der Waals surface area contributed by atoms with Crippen molar-refractivity contribution >= 4 is 17.1 Å². The normalized spacial score (nSPS) is 17.7. The number of rotatable bonds is 6. The van der Waals surface area contributed by atoms with Gasteiger partial charge >= 0.3 is 6.03 Å². The molecule has 0 radical (unpaired) electrons. The highest BCUT2D eigenvalue weighted by Crippen LogP contribution is 2.33. The van der Waals surface area contributed by atoms with Crippen LogP contribution in [-0.2, 0) is 6.54 Å². The second-order valence-corrected chi connectivity index (χ2v) is 10.3. The predicted octanol–water partition coefficient (Wildman–Crippen LogP) is 6.52. The van der Waals surface area contributed by atoms with Crippen LogP contribution in [-0.4, -0.2) is 50.1 Å². The molecule has 1 saturated heterocycles. The average molecular weight is 515 g/mol. The van der Waals surface area contributed by atoms with Crippen molar-refractivity contribution in [2.75, 3.05) is 13.1 Å². The molecular weight excluding hydrogens is 479 g/mol. The van der Waals surface area contributed by atoms with Crippen molar-refractivity contribution in [2.24, 2.45) is 0 Å². The van der Waals surface area contributed by atoms with Gasteiger partial charge in [0, 0.05) is 19.6 Å². The van der Waals surface area contributed by atoms with Crippen molar-refractivity contribution in [3.63, 3.8) is 0 Å². The molecule has 2 N–H and O–H groups in total. The number of piperidine rings is 1. The van der Waals surface area contributed by atoms with E-state index < -0.39 is 6.10 Å². The maximum Gasteiger partial charge on any atom is 0.320 e. The van der Waals surface area contributed by atoms with Crippen LogP contribution in [0.15, 0.2) is 60.7 Å². The first-order chi connectivity index (χ1) is 18.3. The molecule has 38 heavy (non-hydrogen) atoms. The van der Waals surface area contributed by atoms with Crippen molar-refractivity contribution in [3.8, 4) is 11.1 Å². The zero-order valence-corrected chi connectivity index (χ0v) is 22.2. The summed E-state index contributed by atoms with van der Waals surface area (Å²) in [5.41, 5.74) is 7.21. The van der Waals surface area contributed by atoms with Crippen LogP contribution < -0.4 is 0 Å². The van der Waals surface area contributed by atoms with Gasteiger partial charge in [-0.25, -0.2) is 14.2 Å². The molecule has 2 unspecified atom stereocenters. The molecule has 198 valence electrons. The molecular formula is C31H35FN4O2. The molecule has 0 saturated carbocycles. The van der Waals surface area contributed by atoms with E-state index in [0.29, 0.717) is 32.5 Å². The minimum absolute atomic E-state index is 0.0489. The first-order valence-corrected chi connectivity index (χ1v) is 13.4. The number of aryl methyl sites for hydroxylation is 2. The summed E-state index contributed by atoms with van der Waals surface area (Å²) in [6.07, 6.45) is 1.33. The van der Waals surface area contributed by atoms with E-state index in [-0.39, 0.29) is 17.9 Å².